The van der Waals surface area contributed by atoms with Crippen molar-refractivity contribution < 1.29 is 4.79 Å². The number of benzene rings is 2. The second-order valence-corrected chi connectivity index (χ2v) is 6.41. The summed E-state index contributed by atoms with van der Waals surface area (Å²) in [5.41, 5.74) is 2.04. The number of amides is 1. The number of carbonyl (C=O) groups is 1. The average Bonchev–Trinajstić information content (AvgIpc) is 2.64. The number of halogens is 2. The van der Waals surface area contributed by atoms with Gasteiger partial charge in [0.1, 0.15) is 5.69 Å². The van der Waals surface area contributed by atoms with Crippen molar-refractivity contribution in [3.05, 3.63) is 82.1 Å². The molecular weight excluding hydrogens is 371 g/mol. The molecule has 0 aliphatic rings. The van der Waals surface area contributed by atoms with Gasteiger partial charge in [-0.1, -0.05) is 35.3 Å². The van der Waals surface area contributed by atoms with Crippen LogP contribution in [0, 0.1) is 0 Å². The number of hydrogen-bond acceptors (Lipinski definition) is 4. The van der Waals surface area contributed by atoms with Crippen molar-refractivity contribution >= 4 is 40.7 Å². The maximum absolute atomic E-state index is 12.3. The Labute approximate surface area is 161 Å². The normalized spacial score (nSPS) is 10.4. The summed E-state index contributed by atoms with van der Waals surface area (Å²) in [5, 5.41) is 7.20. The summed E-state index contributed by atoms with van der Waals surface area (Å²) >= 11 is 11.8. The first-order chi connectivity index (χ1) is 12.6. The van der Waals surface area contributed by atoms with Gasteiger partial charge in [-0.15, -0.1) is 0 Å². The molecule has 0 unspecified atom stereocenters. The largest absolute Gasteiger partial charge is 0.354 e. The molecule has 0 aliphatic heterocycles. The maximum Gasteiger partial charge on any atom is 0.274 e. The Kier molecular flexibility index (Phi) is 6.04. The topological polar surface area (TPSA) is 66.9 Å². The molecule has 3 aromatic rings. The fourth-order valence-electron chi connectivity index (χ4n) is 2.31. The van der Waals surface area contributed by atoms with Gasteiger partial charge >= 0.3 is 0 Å². The zero-order valence-corrected chi connectivity index (χ0v) is 15.3. The van der Waals surface area contributed by atoms with Crippen molar-refractivity contribution in [3.63, 3.8) is 0 Å². The summed E-state index contributed by atoms with van der Waals surface area (Å²) < 4.78 is 0. The van der Waals surface area contributed by atoms with Crippen LogP contribution in [0.3, 0.4) is 0 Å². The Morgan fingerprint density at radius 2 is 1.81 bits per heavy atom. The molecule has 2 N–H and O–H groups in total. The van der Waals surface area contributed by atoms with Gasteiger partial charge < -0.3 is 10.6 Å². The number of aromatic nitrogens is 2. The number of nitrogens with one attached hydrogen (secondary N) is 2. The standard InChI is InChI=1S/C19H16Cl2N4O/c20-14-4-6-16(7-5-14)24-18(26)17-9-11-23-19(25-17)22-10-8-13-2-1-3-15(21)12-13/h1-7,9,11-12H,8,10H2,(H,24,26)(H,22,23,25). The van der Waals surface area contributed by atoms with Crippen LogP contribution < -0.4 is 10.6 Å². The lowest BCUT2D eigenvalue weighted by atomic mass is 10.1. The molecule has 0 atom stereocenters. The van der Waals surface area contributed by atoms with Crippen LogP contribution in [-0.2, 0) is 6.42 Å². The third-order valence-electron chi connectivity index (χ3n) is 3.58. The summed E-state index contributed by atoms with van der Waals surface area (Å²) in [6, 6.07) is 16.1. The van der Waals surface area contributed by atoms with E-state index >= 15 is 0 Å². The molecule has 7 heteroatoms. The van der Waals surface area contributed by atoms with Crippen LogP contribution in [0.5, 0.6) is 0 Å². The van der Waals surface area contributed by atoms with Crippen molar-refractivity contribution in [3.8, 4) is 0 Å². The van der Waals surface area contributed by atoms with Crippen molar-refractivity contribution in [2.75, 3.05) is 17.2 Å². The highest BCUT2D eigenvalue weighted by atomic mass is 35.5. The van der Waals surface area contributed by atoms with Crippen molar-refractivity contribution in [2.24, 2.45) is 0 Å². The SMILES string of the molecule is O=C(Nc1ccc(Cl)cc1)c1ccnc(NCCc2cccc(Cl)c2)n1. The van der Waals surface area contributed by atoms with E-state index in [-0.39, 0.29) is 11.6 Å². The second kappa shape index (κ2) is 8.65. The Balaban J connectivity index is 1.58. The molecule has 0 aliphatic carbocycles. The molecule has 1 heterocycles. The van der Waals surface area contributed by atoms with E-state index in [2.05, 4.69) is 20.6 Å². The molecule has 0 radical (unpaired) electrons. The smallest absolute Gasteiger partial charge is 0.274 e. The van der Waals surface area contributed by atoms with E-state index in [1.165, 1.54) is 0 Å². The number of nitrogens with zero attached hydrogens (tertiary/aromatic N) is 2. The summed E-state index contributed by atoms with van der Waals surface area (Å²) in [7, 11) is 0. The van der Waals surface area contributed by atoms with Crippen LogP contribution >= 0.6 is 23.2 Å². The van der Waals surface area contributed by atoms with Crippen LogP contribution in [-0.4, -0.2) is 22.4 Å². The Morgan fingerprint density at radius 1 is 1.00 bits per heavy atom. The summed E-state index contributed by atoms with van der Waals surface area (Å²) in [4.78, 5) is 20.7. The van der Waals surface area contributed by atoms with Crippen LogP contribution in [0.25, 0.3) is 0 Å². The molecule has 0 fully saturated rings. The van der Waals surface area contributed by atoms with Gasteiger partial charge in [0.25, 0.3) is 5.91 Å². The van der Waals surface area contributed by atoms with E-state index in [9.17, 15) is 4.79 Å². The average molecular weight is 387 g/mol. The van der Waals surface area contributed by atoms with Gasteiger partial charge in [-0.3, -0.25) is 4.79 Å². The zero-order valence-electron chi connectivity index (χ0n) is 13.7. The first kappa shape index (κ1) is 18.2. The first-order valence-electron chi connectivity index (χ1n) is 7.98. The third kappa shape index (κ3) is 5.18. The van der Waals surface area contributed by atoms with E-state index in [0.29, 0.717) is 28.2 Å². The minimum absolute atomic E-state index is 0.278. The van der Waals surface area contributed by atoms with Gasteiger partial charge in [0.05, 0.1) is 0 Å². The van der Waals surface area contributed by atoms with Gasteiger partial charge in [0.15, 0.2) is 0 Å². The molecule has 5 nitrogen and oxygen atoms in total. The lowest BCUT2D eigenvalue weighted by molar-refractivity contribution is 0.102. The lowest BCUT2D eigenvalue weighted by Gasteiger charge is -2.08. The van der Waals surface area contributed by atoms with Crippen molar-refractivity contribution in [2.45, 2.75) is 6.42 Å². The third-order valence-corrected chi connectivity index (χ3v) is 4.06. The minimum Gasteiger partial charge on any atom is -0.354 e. The maximum atomic E-state index is 12.3. The Bertz CT molecular complexity index is 900. The number of carbonyl (C=O) groups excluding carboxylic acids is 1. The zero-order chi connectivity index (χ0) is 18.4. The fraction of sp³-hybridized carbons (Fsp3) is 0.105. The summed E-state index contributed by atoms with van der Waals surface area (Å²) in [6.07, 6.45) is 2.32. The minimum atomic E-state index is -0.312. The number of hydrogen-bond donors (Lipinski definition) is 2. The van der Waals surface area contributed by atoms with Crippen molar-refractivity contribution in [1.82, 2.24) is 9.97 Å². The van der Waals surface area contributed by atoms with Gasteiger partial charge in [-0.2, -0.15) is 0 Å². The number of rotatable bonds is 6. The molecule has 0 spiro atoms. The van der Waals surface area contributed by atoms with Crippen LogP contribution in [0.1, 0.15) is 16.1 Å². The molecule has 132 valence electrons. The molecular formula is C19H16Cl2N4O. The molecule has 26 heavy (non-hydrogen) atoms. The highest BCUT2D eigenvalue weighted by Gasteiger charge is 2.09. The van der Waals surface area contributed by atoms with E-state index in [1.807, 2.05) is 24.3 Å². The Hall–Kier alpha value is -2.63. The van der Waals surface area contributed by atoms with Crippen LogP contribution in [0.2, 0.25) is 10.0 Å². The molecule has 1 amide bonds. The predicted molar refractivity (Wildman–Crippen MR) is 105 cm³/mol. The van der Waals surface area contributed by atoms with E-state index < -0.39 is 0 Å². The summed E-state index contributed by atoms with van der Waals surface area (Å²) in [6.45, 7) is 0.628. The molecule has 0 bridgehead atoms. The monoisotopic (exact) mass is 386 g/mol. The highest BCUT2D eigenvalue weighted by Crippen LogP contribution is 2.14. The van der Waals surface area contributed by atoms with Crippen LogP contribution in [0.15, 0.2) is 60.8 Å². The van der Waals surface area contributed by atoms with E-state index in [4.69, 9.17) is 23.2 Å². The van der Waals surface area contributed by atoms with Crippen molar-refractivity contribution in [1.29, 1.82) is 0 Å². The van der Waals surface area contributed by atoms with Crippen LogP contribution in [0.4, 0.5) is 11.6 Å². The first-order valence-corrected chi connectivity index (χ1v) is 8.74. The Morgan fingerprint density at radius 3 is 2.58 bits per heavy atom. The number of anilines is 2. The second-order valence-electron chi connectivity index (χ2n) is 5.53. The van der Waals surface area contributed by atoms with Gasteiger partial charge in [0.2, 0.25) is 5.95 Å². The lowest BCUT2D eigenvalue weighted by Crippen LogP contribution is -2.16. The predicted octanol–water partition coefficient (Wildman–Crippen LogP) is 4.69. The molecule has 1 aromatic heterocycles. The quantitative estimate of drug-likeness (QED) is 0.644. The summed E-state index contributed by atoms with van der Waals surface area (Å²) in [5.74, 6) is 0.0865. The highest BCUT2D eigenvalue weighted by molar-refractivity contribution is 6.30. The molecule has 3 rings (SSSR count). The van der Waals surface area contributed by atoms with Gasteiger partial charge in [-0.25, -0.2) is 9.97 Å². The van der Waals surface area contributed by atoms with E-state index in [0.717, 1.165) is 12.0 Å². The fourth-order valence-corrected chi connectivity index (χ4v) is 2.65. The van der Waals surface area contributed by atoms with Gasteiger partial charge in [0, 0.05) is 28.5 Å². The molecule has 0 saturated heterocycles. The van der Waals surface area contributed by atoms with Gasteiger partial charge in [-0.05, 0) is 54.4 Å². The molecule has 0 saturated carbocycles. The molecule has 2 aromatic carbocycles. The van der Waals surface area contributed by atoms with E-state index in [1.54, 1.807) is 36.5 Å².